The van der Waals surface area contributed by atoms with E-state index >= 15 is 0 Å². The zero-order chi connectivity index (χ0) is 18.4. The van der Waals surface area contributed by atoms with Gasteiger partial charge in [0.25, 0.3) is 0 Å². The highest BCUT2D eigenvalue weighted by atomic mass is 35.5. The molecule has 0 saturated carbocycles. The van der Waals surface area contributed by atoms with Crippen molar-refractivity contribution in [2.75, 3.05) is 0 Å². The van der Waals surface area contributed by atoms with Crippen molar-refractivity contribution in [2.45, 2.75) is 6.54 Å². The Morgan fingerprint density at radius 2 is 1.73 bits per heavy atom. The minimum atomic E-state index is -0.580. The Labute approximate surface area is 158 Å². The number of nitrogens with two attached hydrogens (primary N) is 1. The summed E-state index contributed by atoms with van der Waals surface area (Å²) in [6, 6.07) is 16.2. The molecule has 0 atom stereocenters. The fourth-order valence-electron chi connectivity index (χ4n) is 3.25. The third-order valence-corrected chi connectivity index (χ3v) is 5.11. The average molecular weight is 386 g/mol. The molecule has 26 heavy (non-hydrogen) atoms. The van der Waals surface area contributed by atoms with E-state index < -0.39 is 11.7 Å². The summed E-state index contributed by atoms with van der Waals surface area (Å²) in [6.07, 6.45) is 0. The van der Waals surface area contributed by atoms with Gasteiger partial charge in [0, 0.05) is 38.0 Å². The van der Waals surface area contributed by atoms with E-state index in [0.29, 0.717) is 38.4 Å². The summed E-state index contributed by atoms with van der Waals surface area (Å²) in [4.78, 5) is 11.9. The Balaban J connectivity index is 2.08. The fraction of sp³-hybridized carbons (Fsp3) is 0.0500. The topological polar surface area (TPSA) is 48.0 Å². The van der Waals surface area contributed by atoms with Crippen LogP contribution >= 0.6 is 23.2 Å². The predicted octanol–water partition coefficient (Wildman–Crippen LogP) is 5.19. The van der Waals surface area contributed by atoms with E-state index in [1.807, 2.05) is 10.6 Å². The van der Waals surface area contributed by atoms with Gasteiger partial charge in [0.2, 0.25) is 5.91 Å². The van der Waals surface area contributed by atoms with Gasteiger partial charge in [-0.1, -0.05) is 35.3 Å². The van der Waals surface area contributed by atoms with E-state index in [0.717, 1.165) is 11.1 Å². The molecule has 0 fully saturated rings. The van der Waals surface area contributed by atoms with E-state index in [2.05, 4.69) is 6.07 Å². The van der Waals surface area contributed by atoms with Crippen LogP contribution in [0.25, 0.3) is 21.8 Å². The quantitative estimate of drug-likeness (QED) is 0.518. The maximum Gasteiger partial charge on any atom is 0.249 e. The highest BCUT2D eigenvalue weighted by Gasteiger charge is 2.18. The number of hydrogen-bond donors (Lipinski definition) is 1. The number of carbonyl (C=O) groups excluding carboxylic acids is 1. The van der Waals surface area contributed by atoms with Crippen molar-refractivity contribution in [2.24, 2.45) is 5.73 Å². The third-order valence-electron chi connectivity index (χ3n) is 4.41. The minimum absolute atomic E-state index is 0.318. The maximum atomic E-state index is 13.8. The van der Waals surface area contributed by atoms with Crippen LogP contribution in [-0.2, 0) is 6.54 Å². The Kier molecular flexibility index (Phi) is 4.10. The van der Waals surface area contributed by atoms with Gasteiger partial charge in [-0.3, -0.25) is 4.79 Å². The van der Waals surface area contributed by atoms with Crippen molar-refractivity contribution in [1.82, 2.24) is 4.57 Å². The number of nitrogens with zero attached hydrogens (tertiary/aromatic N) is 1. The van der Waals surface area contributed by atoms with E-state index in [1.165, 1.54) is 6.07 Å². The van der Waals surface area contributed by atoms with Crippen LogP contribution in [0.3, 0.4) is 0 Å². The molecular formula is C20H12Cl2FN2O. The molecule has 2 N–H and O–H groups in total. The fourth-order valence-corrected chi connectivity index (χ4v) is 3.77. The highest BCUT2D eigenvalue weighted by molar-refractivity contribution is 6.36. The van der Waals surface area contributed by atoms with Crippen LogP contribution in [0.4, 0.5) is 4.39 Å². The van der Waals surface area contributed by atoms with Gasteiger partial charge in [-0.15, -0.1) is 0 Å². The molecule has 6 heteroatoms. The van der Waals surface area contributed by atoms with Crippen molar-refractivity contribution >= 4 is 50.9 Å². The SMILES string of the molecule is NC(=O)c1cccc2c1c1[c]c(F)ccc1n2Cc1c(Cl)cccc1Cl. The molecule has 1 heterocycles. The number of aromatic nitrogens is 1. The third kappa shape index (κ3) is 2.62. The summed E-state index contributed by atoms with van der Waals surface area (Å²) in [5.74, 6) is -1.09. The summed E-state index contributed by atoms with van der Waals surface area (Å²) in [7, 11) is 0. The molecule has 1 aromatic heterocycles. The van der Waals surface area contributed by atoms with Crippen molar-refractivity contribution in [1.29, 1.82) is 0 Å². The number of primary amides is 1. The summed E-state index contributed by atoms with van der Waals surface area (Å²) in [5.41, 5.74) is 8.02. The first-order valence-electron chi connectivity index (χ1n) is 7.83. The van der Waals surface area contributed by atoms with Gasteiger partial charge >= 0.3 is 0 Å². The number of fused-ring (bicyclic) bond motifs is 3. The molecule has 129 valence electrons. The second kappa shape index (κ2) is 6.31. The number of halogens is 3. The zero-order valence-corrected chi connectivity index (χ0v) is 14.9. The van der Waals surface area contributed by atoms with E-state index in [9.17, 15) is 9.18 Å². The normalized spacial score (nSPS) is 11.3. The first-order valence-corrected chi connectivity index (χ1v) is 8.58. The largest absolute Gasteiger partial charge is 0.366 e. The van der Waals surface area contributed by atoms with Gasteiger partial charge in [-0.05, 0) is 36.4 Å². The van der Waals surface area contributed by atoms with Gasteiger partial charge in [-0.25, -0.2) is 4.39 Å². The second-order valence-electron chi connectivity index (χ2n) is 5.92. The molecule has 0 aliphatic heterocycles. The van der Waals surface area contributed by atoms with Crippen LogP contribution < -0.4 is 5.73 Å². The highest BCUT2D eigenvalue weighted by Crippen LogP contribution is 2.34. The Hall–Kier alpha value is -2.56. The van der Waals surface area contributed by atoms with Crippen molar-refractivity contribution in [3.63, 3.8) is 0 Å². The summed E-state index contributed by atoms with van der Waals surface area (Å²) in [6.45, 7) is 0.361. The molecule has 4 rings (SSSR count). The maximum absolute atomic E-state index is 13.8. The second-order valence-corrected chi connectivity index (χ2v) is 6.73. The van der Waals surface area contributed by atoms with Gasteiger partial charge in [0.15, 0.2) is 0 Å². The first-order chi connectivity index (χ1) is 12.5. The van der Waals surface area contributed by atoms with Gasteiger partial charge in [0.1, 0.15) is 5.82 Å². The van der Waals surface area contributed by atoms with Crippen LogP contribution in [-0.4, -0.2) is 10.5 Å². The smallest absolute Gasteiger partial charge is 0.249 e. The number of hydrogen-bond acceptors (Lipinski definition) is 1. The molecule has 0 aliphatic carbocycles. The summed E-state index contributed by atoms with van der Waals surface area (Å²) < 4.78 is 15.8. The molecular weight excluding hydrogens is 374 g/mol. The molecule has 3 aromatic carbocycles. The monoisotopic (exact) mass is 385 g/mol. The van der Waals surface area contributed by atoms with Crippen LogP contribution in [0.15, 0.2) is 48.5 Å². The lowest BCUT2D eigenvalue weighted by Crippen LogP contribution is -2.11. The first kappa shape index (κ1) is 16.9. The predicted molar refractivity (Wildman–Crippen MR) is 102 cm³/mol. The molecule has 0 spiro atoms. The molecule has 3 nitrogen and oxygen atoms in total. The Morgan fingerprint density at radius 3 is 2.42 bits per heavy atom. The van der Waals surface area contributed by atoms with Gasteiger partial charge in [0.05, 0.1) is 17.6 Å². The average Bonchev–Trinajstić information content (AvgIpc) is 2.91. The number of benzene rings is 3. The Bertz CT molecular complexity index is 1160. The lowest BCUT2D eigenvalue weighted by molar-refractivity contribution is 0.100. The zero-order valence-electron chi connectivity index (χ0n) is 13.4. The van der Waals surface area contributed by atoms with E-state index in [-0.39, 0.29) is 0 Å². The van der Waals surface area contributed by atoms with Crippen LogP contribution in [0.5, 0.6) is 0 Å². The van der Waals surface area contributed by atoms with Crippen molar-refractivity contribution in [3.05, 3.63) is 81.6 Å². The minimum Gasteiger partial charge on any atom is -0.366 e. The van der Waals surface area contributed by atoms with Crippen molar-refractivity contribution < 1.29 is 9.18 Å². The Morgan fingerprint density at radius 1 is 1.04 bits per heavy atom. The summed E-state index contributed by atoms with van der Waals surface area (Å²) in [5, 5.41) is 2.13. The lowest BCUT2D eigenvalue weighted by Gasteiger charge is -2.11. The molecule has 4 aromatic rings. The van der Waals surface area contributed by atoms with E-state index in [1.54, 1.807) is 36.4 Å². The van der Waals surface area contributed by atoms with Crippen LogP contribution in [0, 0.1) is 11.9 Å². The van der Waals surface area contributed by atoms with Crippen LogP contribution in [0.1, 0.15) is 15.9 Å². The summed E-state index contributed by atoms with van der Waals surface area (Å²) >= 11 is 12.6. The number of rotatable bonds is 3. The van der Waals surface area contributed by atoms with E-state index in [4.69, 9.17) is 28.9 Å². The van der Waals surface area contributed by atoms with Crippen LogP contribution in [0.2, 0.25) is 10.0 Å². The lowest BCUT2D eigenvalue weighted by atomic mass is 10.1. The molecule has 0 saturated heterocycles. The van der Waals surface area contributed by atoms with Crippen molar-refractivity contribution in [3.8, 4) is 0 Å². The number of carbonyl (C=O) groups is 1. The molecule has 0 unspecified atom stereocenters. The van der Waals surface area contributed by atoms with Gasteiger partial charge < -0.3 is 10.3 Å². The standard InChI is InChI=1S/C20H12Cl2FN2O/c21-15-4-2-5-16(22)14(15)10-25-17-8-7-11(23)9-13(17)19-12(20(24)26)3-1-6-18(19)25/h1-8H,10H2,(H2,24,26). The molecule has 1 radical (unpaired) electrons. The molecule has 1 amide bonds. The molecule has 0 aliphatic rings. The molecule has 0 bridgehead atoms. The number of amides is 1. The van der Waals surface area contributed by atoms with Gasteiger partial charge in [-0.2, -0.15) is 0 Å².